The zero-order valence-corrected chi connectivity index (χ0v) is 25.1. The summed E-state index contributed by atoms with van der Waals surface area (Å²) in [4.78, 5) is 54.6. The molecule has 1 aliphatic heterocycles. The fraction of sp³-hybridized carbons (Fsp3) is 0.533. The van der Waals surface area contributed by atoms with Crippen LogP contribution in [-0.4, -0.2) is 59.8 Å². The first-order valence-electron chi connectivity index (χ1n) is 13.8. The minimum atomic E-state index is -0.869. The molecule has 10 nitrogen and oxygen atoms in total. The number of likely N-dealkylation sites (tertiary alicyclic amines) is 1. The van der Waals surface area contributed by atoms with Crippen LogP contribution in [0, 0.1) is 17.0 Å². The number of hydrogen-bond donors (Lipinski definition) is 1. The number of halogens is 2. The molecule has 12 heteroatoms. The summed E-state index contributed by atoms with van der Waals surface area (Å²) in [5, 5.41) is 2.48. The van der Waals surface area contributed by atoms with Gasteiger partial charge in [-0.3, -0.25) is 9.59 Å². The van der Waals surface area contributed by atoms with Crippen molar-refractivity contribution in [3.05, 3.63) is 63.1 Å². The molecule has 0 spiro atoms. The summed E-state index contributed by atoms with van der Waals surface area (Å²) < 4.78 is 45.1. The highest BCUT2D eigenvalue weighted by molar-refractivity contribution is 5.97. The van der Waals surface area contributed by atoms with Crippen LogP contribution in [0.15, 0.2) is 29.2 Å². The molecule has 1 aliphatic rings. The van der Waals surface area contributed by atoms with Crippen LogP contribution in [0.3, 0.4) is 0 Å². The lowest BCUT2D eigenvalue weighted by atomic mass is 9.87. The Labute approximate surface area is 243 Å². The number of carbonyl (C=O) groups is 3. The molecule has 2 aromatic rings. The van der Waals surface area contributed by atoms with Crippen LogP contribution in [0.5, 0.6) is 5.75 Å². The lowest BCUT2D eigenvalue weighted by Crippen LogP contribution is -2.43. The molecular weight excluding hydrogens is 552 g/mol. The van der Waals surface area contributed by atoms with Gasteiger partial charge in [-0.15, -0.1) is 0 Å². The molecule has 2 amide bonds. The van der Waals surface area contributed by atoms with Crippen LogP contribution in [-0.2, 0) is 16.0 Å². The molecule has 1 unspecified atom stereocenters. The summed E-state index contributed by atoms with van der Waals surface area (Å²) in [6.45, 7) is 11.1. The van der Waals surface area contributed by atoms with Crippen LogP contribution in [0.1, 0.15) is 86.8 Å². The van der Waals surface area contributed by atoms with E-state index in [-0.39, 0.29) is 41.9 Å². The van der Waals surface area contributed by atoms with Crippen LogP contribution in [0.2, 0.25) is 0 Å². The number of rotatable bonds is 7. The predicted octanol–water partition coefficient (Wildman–Crippen LogP) is 4.84. The summed E-state index contributed by atoms with van der Waals surface area (Å²) in [6.07, 6.45) is 1.82. The number of carbonyl (C=O) groups excluding carboxylic acids is 3. The maximum absolute atomic E-state index is 14.2. The third-order valence-corrected chi connectivity index (χ3v) is 6.81. The van der Waals surface area contributed by atoms with Crippen molar-refractivity contribution in [2.75, 3.05) is 26.8 Å². The molecule has 0 saturated carbocycles. The molecule has 230 valence electrons. The fourth-order valence-electron chi connectivity index (χ4n) is 4.84. The second-order valence-corrected chi connectivity index (χ2v) is 12.0. The first-order valence-corrected chi connectivity index (χ1v) is 13.8. The number of pyridine rings is 1. The highest BCUT2D eigenvalue weighted by atomic mass is 19.1. The van der Waals surface area contributed by atoms with Gasteiger partial charge in [-0.2, -0.15) is 0 Å². The maximum atomic E-state index is 14.2. The van der Waals surface area contributed by atoms with Crippen molar-refractivity contribution < 1.29 is 37.4 Å². The molecule has 1 fully saturated rings. The topological polar surface area (TPSA) is 116 Å². The number of ether oxygens (including phenoxy) is 3. The molecule has 3 rings (SSSR count). The second-order valence-electron chi connectivity index (χ2n) is 12.0. The van der Waals surface area contributed by atoms with Gasteiger partial charge in [0.1, 0.15) is 22.8 Å². The number of methoxy groups -OCH3 is 1. The van der Waals surface area contributed by atoms with Gasteiger partial charge in [0.15, 0.2) is 11.4 Å². The average molecular weight is 592 g/mol. The van der Waals surface area contributed by atoms with Gasteiger partial charge in [-0.05, 0) is 52.0 Å². The van der Waals surface area contributed by atoms with Crippen LogP contribution in [0.4, 0.5) is 13.6 Å². The number of nitrogens with one attached hydrogen (secondary N) is 1. The highest BCUT2D eigenvalue weighted by Gasteiger charge is 2.37. The minimum absolute atomic E-state index is 0.0131. The lowest BCUT2D eigenvalue weighted by Gasteiger charge is -2.32. The van der Waals surface area contributed by atoms with Gasteiger partial charge >= 0.3 is 12.1 Å². The number of benzene rings is 1. The van der Waals surface area contributed by atoms with Crippen molar-refractivity contribution in [3.8, 4) is 5.75 Å². The van der Waals surface area contributed by atoms with Crippen molar-refractivity contribution in [2.24, 2.45) is 5.41 Å². The van der Waals surface area contributed by atoms with E-state index in [2.05, 4.69) is 5.32 Å². The summed E-state index contributed by atoms with van der Waals surface area (Å²) in [6, 6.07) is 2.36. The molecule has 0 radical (unpaired) electrons. The monoisotopic (exact) mass is 591 g/mol. The van der Waals surface area contributed by atoms with Crippen molar-refractivity contribution in [1.29, 1.82) is 0 Å². The number of aromatic nitrogens is 1. The van der Waals surface area contributed by atoms with Gasteiger partial charge in [0.25, 0.3) is 5.91 Å². The van der Waals surface area contributed by atoms with Crippen molar-refractivity contribution in [3.63, 3.8) is 0 Å². The highest BCUT2D eigenvalue weighted by Crippen LogP contribution is 2.35. The Bertz CT molecular complexity index is 1400. The molecule has 1 aromatic heterocycles. The summed E-state index contributed by atoms with van der Waals surface area (Å²) in [5.41, 5.74) is -2.46. The van der Waals surface area contributed by atoms with Gasteiger partial charge in [-0.1, -0.05) is 19.9 Å². The lowest BCUT2D eigenvalue weighted by molar-refractivity contribution is 0.0182. The third kappa shape index (κ3) is 7.86. The maximum Gasteiger partial charge on any atom is 0.410 e. The predicted molar refractivity (Wildman–Crippen MR) is 151 cm³/mol. The van der Waals surface area contributed by atoms with Crippen LogP contribution < -0.4 is 15.5 Å². The molecule has 42 heavy (non-hydrogen) atoms. The van der Waals surface area contributed by atoms with E-state index in [1.165, 1.54) is 23.9 Å². The summed E-state index contributed by atoms with van der Waals surface area (Å²) in [7, 11) is 1.20. The Morgan fingerprint density at radius 3 is 2.45 bits per heavy atom. The van der Waals surface area contributed by atoms with Crippen molar-refractivity contribution >= 4 is 18.0 Å². The smallest absolute Gasteiger partial charge is 0.410 e. The number of amides is 2. The molecule has 0 bridgehead atoms. The Kier molecular flexibility index (Phi) is 10.0. The first-order chi connectivity index (χ1) is 19.6. The standard InChI is InChI=1S/C30H39F2N3O7/c1-8-41-27(38)23-25(40-7)24(36)21(26(37)33-14-18-9-10-19(31)13-22(18)32)16-35(23)20-11-12-30(5,6)17-34(15-20)28(39)42-29(2,3)4/h9-10,13,16,20H,8,11-12,14-15,17H2,1-7H3,(H,33,37). The third-order valence-electron chi connectivity index (χ3n) is 6.81. The van der Waals surface area contributed by atoms with E-state index in [9.17, 15) is 28.0 Å². The largest absolute Gasteiger partial charge is 0.491 e. The van der Waals surface area contributed by atoms with Crippen molar-refractivity contribution in [1.82, 2.24) is 14.8 Å². The van der Waals surface area contributed by atoms with Crippen LogP contribution >= 0.6 is 0 Å². The van der Waals surface area contributed by atoms with E-state index in [4.69, 9.17) is 14.2 Å². The summed E-state index contributed by atoms with van der Waals surface area (Å²) in [5.74, 6) is -3.72. The normalized spacial score (nSPS) is 16.8. The molecule has 1 N–H and O–H groups in total. The number of hydrogen-bond acceptors (Lipinski definition) is 7. The molecule has 1 aromatic carbocycles. The minimum Gasteiger partial charge on any atom is -0.491 e. The van der Waals surface area contributed by atoms with E-state index in [1.54, 1.807) is 32.6 Å². The first kappa shape index (κ1) is 32.6. The molecule has 1 saturated heterocycles. The quantitative estimate of drug-likeness (QED) is 0.458. The number of nitrogens with zero attached hydrogens (tertiary/aromatic N) is 2. The van der Waals surface area contributed by atoms with E-state index >= 15 is 0 Å². The Hall–Kier alpha value is -3.96. The Balaban J connectivity index is 2.10. The Morgan fingerprint density at radius 2 is 1.86 bits per heavy atom. The van der Waals surface area contributed by atoms with E-state index < -0.39 is 52.4 Å². The van der Waals surface area contributed by atoms with Gasteiger partial charge < -0.3 is 29.0 Å². The molecular formula is C30H39F2N3O7. The molecule has 0 aliphatic carbocycles. The fourth-order valence-corrected chi connectivity index (χ4v) is 4.84. The van der Waals surface area contributed by atoms with Gasteiger partial charge in [-0.25, -0.2) is 18.4 Å². The van der Waals surface area contributed by atoms with E-state index in [0.29, 0.717) is 25.5 Å². The second kappa shape index (κ2) is 12.9. The van der Waals surface area contributed by atoms with Crippen LogP contribution in [0.25, 0.3) is 0 Å². The van der Waals surface area contributed by atoms with Gasteiger partial charge in [0, 0.05) is 37.5 Å². The summed E-state index contributed by atoms with van der Waals surface area (Å²) >= 11 is 0. The average Bonchev–Trinajstić information content (AvgIpc) is 3.04. The van der Waals surface area contributed by atoms with Gasteiger partial charge in [0.05, 0.1) is 19.8 Å². The van der Waals surface area contributed by atoms with E-state index in [1.807, 2.05) is 13.8 Å². The van der Waals surface area contributed by atoms with Gasteiger partial charge in [0.2, 0.25) is 5.43 Å². The Morgan fingerprint density at radius 1 is 1.17 bits per heavy atom. The zero-order valence-electron chi connectivity index (χ0n) is 25.1. The molecule has 2 heterocycles. The number of esters is 1. The molecule has 1 atom stereocenters. The van der Waals surface area contributed by atoms with Crippen molar-refractivity contribution in [2.45, 2.75) is 72.6 Å². The SMILES string of the molecule is CCOC(=O)c1c(OC)c(=O)c(C(=O)NCc2ccc(F)cc2F)cn1C1CCC(C)(C)CN(C(=O)OC(C)(C)C)C1. The van der Waals surface area contributed by atoms with E-state index in [0.717, 1.165) is 6.07 Å². The zero-order chi connectivity index (χ0) is 31.4.